The first kappa shape index (κ1) is 21.7. The van der Waals surface area contributed by atoms with Gasteiger partial charge in [0.1, 0.15) is 5.75 Å². The lowest BCUT2D eigenvalue weighted by Gasteiger charge is -2.17. The summed E-state index contributed by atoms with van der Waals surface area (Å²) in [7, 11) is -1.19. The summed E-state index contributed by atoms with van der Waals surface area (Å²) in [5, 5.41) is 5.37. The van der Waals surface area contributed by atoms with E-state index in [1.165, 1.54) is 39.3 Å². The number of rotatable bonds is 7. The predicted molar refractivity (Wildman–Crippen MR) is 107 cm³/mol. The van der Waals surface area contributed by atoms with Crippen LogP contribution in [0.25, 0.3) is 0 Å². The minimum Gasteiger partial charge on any atom is -0.495 e. The van der Waals surface area contributed by atoms with Gasteiger partial charge in [0, 0.05) is 25.3 Å². The number of carbonyl (C=O) groups is 2. The van der Waals surface area contributed by atoms with E-state index in [1.807, 2.05) is 0 Å². The minimum absolute atomic E-state index is 0.0479. The molecular formula is C18H20ClN3O5S. The van der Waals surface area contributed by atoms with Gasteiger partial charge in [0.15, 0.2) is 0 Å². The number of nitrogens with one attached hydrogen (secondary N) is 2. The van der Waals surface area contributed by atoms with Gasteiger partial charge in [0.05, 0.1) is 23.6 Å². The fourth-order valence-electron chi connectivity index (χ4n) is 2.32. The summed E-state index contributed by atoms with van der Waals surface area (Å²) < 4.78 is 31.2. The Morgan fingerprint density at radius 2 is 1.64 bits per heavy atom. The van der Waals surface area contributed by atoms with Gasteiger partial charge in [0.25, 0.3) is 0 Å². The van der Waals surface area contributed by atoms with Crippen LogP contribution in [0.4, 0.5) is 11.4 Å². The molecule has 0 heterocycles. The number of halogens is 1. The molecular weight excluding hydrogens is 406 g/mol. The van der Waals surface area contributed by atoms with E-state index in [-0.39, 0.29) is 22.4 Å². The number of methoxy groups -OCH3 is 1. The highest BCUT2D eigenvalue weighted by atomic mass is 35.5. The van der Waals surface area contributed by atoms with Crippen molar-refractivity contribution in [1.29, 1.82) is 0 Å². The van der Waals surface area contributed by atoms with Crippen LogP contribution in [0, 0.1) is 0 Å². The predicted octanol–water partition coefficient (Wildman–Crippen LogP) is 2.57. The lowest BCUT2D eigenvalue weighted by molar-refractivity contribution is -0.116. The van der Waals surface area contributed by atoms with Gasteiger partial charge in [0.2, 0.25) is 21.8 Å². The van der Waals surface area contributed by atoms with Crippen molar-refractivity contribution in [2.45, 2.75) is 11.8 Å². The van der Waals surface area contributed by atoms with Crippen molar-refractivity contribution < 1.29 is 22.7 Å². The van der Waals surface area contributed by atoms with Crippen molar-refractivity contribution in [3.05, 3.63) is 47.5 Å². The van der Waals surface area contributed by atoms with Crippen molar-refractivity contribution in [3.8, 4) is 5.75 Å². The van der Waals surface area contributed by atoms with E-state index in [4.69, 9.17) is 16.3 Å². The number of hydrogen-bond acceptors (Lipinski definition) is 5. The maximum Gasteiger partial charge on any atom is 0.243 e. The minimum atomic E-state index is -3.91. The number of amides is 2. The number of hydrogen-bond donors (Lipinski definition) is 2. The smallest absolute Gasteiger partial charge is 0.243 e. The molecule has 0 aromatic heterocycles. The zero-order chi connectivity index (χ0) is 20.9. The molecule has 150 valence electrons. The van der Waals surface area contributed by atoms with Crippen LogP contribution in [0.2, 0.25) is 5.02 Å². The normalized spacial score (nSPS) is 11.2. The fraction of sp³-hybridized carbons (Fsp3) is 0.222. The molecule has 0 unspecified atom stereocenters. The van der Waals surface area contributed by atoms with Gasteiger partial charge in [-0.15, -0.1) is 0 Å². The Morgan fingerprint density at radius 1 is 1.07 bits per heavy atom. The van der Waals surface area contributed by atoms with Gasteiger partial charge in [-0.3, -0.25) is 9.59 Å². The SMILES string of the molecule is COc1ccc(S(=O)(=O)N(C)CC(=O)Nc2ccc(NC(C)=O)cc2)cc1Cl. The lowest BCUT2D eigenvalue weighted by atomic mass is 10.2. The molecule has 10 heteroatoms. The first-order valence-corrected chi connectivity index (χ1v) is 9.92. The van der Waals surface area contributed by atoms with E-state index in [0.29, 0.717) is 17.1 Å². The molecule has 0 aliphatic rings. The van der Waals surface area contributed by atoms with E-state index in [0.717, 1.165) is 4.31 Å². The Balaban J connectivity index is 2.04. The Morgan fingerprint density at radius 3 is 2.14 bits per heavy atom. The third-order valence-electron chi connectivity index (χ3n) is 3.69. The van der Waals surface area contributed by atoms with Crippen LogP contribution in [0.15, 0.2) is 47.4 Å². The van der Waals surface area contributed by atoms with Crippen molar-refractivity contribution in [3.63, 3.8) is 0 Å². The first-order chi connectivity index (χ1) is 13.1. The van der Waals surface area contributed by atoms with Crippen molar-refractivity contribution in [2.75, 3.05) is 31.3 Å². The highest BCUT2D eigenvalue weighted by Crippen LogP contribution is 2.28. The molecule has 2 aromatic carbocycles. The third-order valence-corrected chi connectivity index (χ3v) is 5.78. The van der Waals surface area contributed by atoms with Gasteiger partial charge in [-0.05, 0) is 42.5 Å². The Hall–Kier alpha value is -2.62. The number of benzene rings is 2. The topological polar surface area (TPSA) is 105 Å². The van der Waals surface area contributed by atoms with E-state index < -0.39 is 15.9 Å². The lowest BCUT2D eigenvalue weighted by Crippen LogP contribution is -2.35. The molecule has 0 fully saturated rings. The second kappa shape index (κ2) is 9.05. The molecule has 0 saturated carbocycles. The summed E-state index contributed by atoms with van der Waals surface area (Å²) >= 11 is 5.98. The molecule has 2 amide bonds. The summed E-state index contributed by atoms with van der Waals surface area (Å²) in [5.74, 6) is -0.371. The van der Waals surface area contributed by atoms with Crippen LogP contribution in [0.5, 0.6) is 5.75 Å². The van der Waals surface area contributed by atoms with Crippen LogP contribution in [-0.2, 0) is 19.6 Å². The van der Waals surface area contributed by atoms with Crippen LogP contribution in [-0.4, -0.2) is 45.2 Å². The van der Waals surface area contributed by atoms with Gasteiger partial charge in [-0.25, -0.2) is 8.42 Å². The van der Waals surface area contributed by atoms with Crippen LogP contribution in [0.3, 0.4) is 0 Å². The van der Waals surface area contributed by atoms with Crippen molar-refractivity contribution in [2.24, 2.45) is 0 Å². The average molecular weight is 426 g/mol. The molecule has 0 bridgehead atoms. The molecule has 2 rings (SSSR count). The summed E-state index contributed by atoms with van der Waals surface area (Å²) in [6.45, 7) is 1.00. The number of nitrogens with zero attached hydrogens (tertiary/aromatic N) is 1. The first-order valence-electron chi connectivity index (χ1n) is 8.11. The molecule has 2 aromatic rings. The summed E-state index contributed by atoms with van der Waals surface area (Å²) in [4.78, 5) is 23.2. The maximum absolute atomic E-state index is 12.6. The molecule has 28 heavy (non-hydrogen) atoms. The largest absolute Gasteiger partial charge is 0.495 e. The van der Waals surface area contributed by atoms with E-state index in [2.05, 4.69) is 10.6 Å². The quantitative estimate of drug-likeness (QED) is 0.709. The highest BCUT2D eigenvalue weighted by molar-refractivity contribution is 7.89. The molecule has 8 nitrogen and oxygen atoms in total. The average Bonchev–Trinajstić information content (AvgIpc) is 2.62. The molecule has 0 aliphatic heterocycles. The number of carbonyl (C=O) groups excluding carboxylic acids is 2. The highest BCUT2D eigenvalue weighted by Gasteiger charge is 2.24. The van der Waals surface area contributed by atoms with Crippen LogP contribution < -0.4 is 15.4 Å². The molecule has 0 spiro atoms. The monoisotopic (exact) mass is 425 g/mol. The van der Waals surface area contributed by atoms with Crippen LogP contribution in [0.1, 0.15) is 6.92 Å². The van der Waals surface area contributed by atoms with E-state index >= 15 is 0 Å². The Bertz CT molecular complexity index is 977. The zero-order valence-electron chi connectivity index (χ0n) is 15.5. The Labute approximate surface area is 168 Å². The summed E-state index contributed by atoms with van der Waals surface area (Å²) in [6.07, 6.45) is 0. The van der Waals surface area contributed by atoms with Gasteiger partial charge >= 0.3 is 0 Å². The Kier molecular flexibility index (Phi) is 7.00. The van der Waals surface area contributed by atoms with Crippen molar-refractivity contribution in [1.82, 2.24) is 4.31 Å². The van der Waals surface area contributed by atoms with Crippen LogP contribution >= 0.6 is 11.6 Å². The maximum atomic E-state index is 12.6. The van der Waals surface area contributed by atoms with E-state index in [9.17, 15) is 18.0 Å². The second-order valence-corrected chi connectivity index (χ2v) is 8.32. The molecule has 2 N–H and O–H groups in total. The zero-order valence-corrected chi connectivity index (χ0v) is 17.1. The van der Waals surface area contributed by atoms with Gasteiger partial charge in [-0.2, -0.15) is 4.31 Å². The number of sulfonamides is 1. The number of anilines is 2. The second-order valence-electron chi connectivity index (χ2n) is 5.86. The molecule has 0 aliphatic carbocycles. The standard InChI is InChI=1S/C18H20ClN3O5S/c1-12(23)20-13-4-6-14(7-5-13)21-18(24)11-22(2)28(25,26)15-8-9-17(27-3)16(19)10-15/h4-10H,11H2,1-3H3,(H,20,23)(H,21,24). The van der Waals surface area contributed by atoms with Crippen molar-refractivity contribution >= 4 is 44.8 Å². The summed E-state index contributed by atoms with van der Waals surface area (Å²) in [6, 6.07) is 10.5. The molecule has 0 saturated heterocycles. The number of ether oxygens (including phenoxy) is 1. The van der Waals surface area contributed by atoms with Gasteiger partial charge < -0.3 is 15.4 Å². The van der Waals surface area contributed by atoms with E-state index in [1.54, 1.807) is 24.3 Å². The molecule has 0 atom stereocenters. The fourth-order valence-corrected chi connectivity index (χ4v) is 3.79. The summed E-state index contributed by atoms with van der Waals surface area (Å²) in [5.41, 5.74) is 1.05. The molecule has 0 radical (unpaired) electrons. The third kappa shape index (κ3) is 5.44. The number of likely N-dealkylation sites (N-methyl/N-ethyl adjacent to an activating group) is 1. The van der Waals surface area contributed by atoms with Gasteiger partial charge in [-0.1, -0.05) is 11.6 Å².